The summed E-state index contributed by atoms with van der Waals surface area (Å²) in [6.07, 6.45) is 13.8. The first-order valence-corrected chi connectivity index (χ1v) is 10.6. The molecule has 2 N–H and O–H groups in total. The molecule has 7 heteroatoms. The zero-order valence-electron chi connectivity index (χ0n) is 16.3. The molecule has 0 atom stereocenters. The van der Waals surface area contributed by atoms with Crippen LogP contribution < -0.4 is 15.4 Å². The van der Waals surface area contributed by atoms with Gasteiger partial charge in [-0.15, -0.1) is 0 Å². The van der Waals surface area contributed by atoms with Crippen LogP contribution in [-0.2, 0) is 6.54 Å². The fraction of sp³-hybridized carbons (Fsp3) is 0.714. The molecule has 0 aliphatic heterocycles. The van der Waals surface area contributed by atoms with E-state index in [2.05, 4.69) is 20.4 Å². The number of carbonyl (C=O) groups is 1. The summed E-state index contributed by atoms with van der Waals surface area (Å²) in [5.74, 6) is 0.987. The lowest BCUT2D eigenvalue weighted by Gasteiger charge is -2.38. The number of hydrogen-bond donors (Lipinski definition) is 2. The van der Waals surface area contributed by atoms with Gasteiger partial charge in [0.15, 0.2) is 0 Å². The molecule has 2 aliphatic carbocycles. The highest BCUT2D eigenvalue weighted by Gasteiger charge is 2.32. The molecule has 2 amide bonds. The van der Waals surface area contributed by atoms with Gasteiger partial charge in [-0.25, -0.2) is 9.78 Å². The van der Waals surface area contributed by atoms with Crippen LogP contribution in [0.5, 0.6) is 5.88 Å². The fourth-order valence-electron chi connectivity index (χ4n) is 4.71. The number of nitrogens with zero attached hydrogens (tertiary/aromatic N) is 1. The Morgan fingerprint density at radius 2 is 1.68 bits per heavy atom. The molecule has 0 spiro atoms. The van der Waals surface area contributed by atoms with Crippen molar-refractivity contribution in [3.8, 4) is 5.88 Å². The van der Waals surface area contributed by atoms with Crippen LogP contribution in [0.3, 0.4) is 0 Å². The van der Waals surface area contributed by atoms with Gasteiger partial charge < -0.3 is 15.4 Å². The van der Waals surface area contributed by atoms with Crippen molar-refractivity contribution in [3.63, 3.8) is 0 Å². The summed E-state index contributed by atoms with van der Waals surface area (Å²) in [5.41, 5.74) is 0.674. The smallest absolute Gasteiger partial charge is 0.388 e. The molecule has 5 nitrogen and oxygen atoms in total. The van der Waals surface area contributed by atoms with E-state index in [1.54, 1.807) is 6.07 Å². The molecule has 2 saturated carbocycles. The summed E-state index contributed by atoms with van der Waals surface area (Å²) in [5, 5.41) is 6.12. The van der Waals surface area contributed by atoms with Crippen molar-refractivity contribution < 1.29 is 18.3 Å². The number of carbonyl (C=O) groups excluding carboxylic acids is 1. The number of rotatable bonds is 7. The Balaban J connectivity index is 1.55. The highest BCUT2D eigenvalue weighted by molar-refractivity contribution is 5.74. The number of aromatic nitrogens is 1. The Bertz CT molecular complexity index is 599. The van der Waals surface area contributed by atoms with Crippen molar-refractivity contribution >= 4 is 6.03 Å². The van der Waals surface area contributed by atoms with E-state index in [1.807, 2.05) is 0 Å². The predicted molar refractivity (Wildman–Crippen MR) is 103 cm³/mol. The number of alkyl halides is 2. The number of hydrogen-bond acceptors (Lipinski definition) is 3. The van der Waals surface area contributed by atoms with Gasteiger partial charge in [0.1, 0.15) is 0 Å². The summed E-state index contributed by atoms with van der Waals surface area (Å²) in [6.45, 7) is -2.67. The third-order valence-electron chi connectivity index (χ3n) is 6.08. The Hall–Kier alpha value is -1.92. The van der Waals surface area contributed by atoms with Gasteiger partial charge in [0.05, 0.1) is 0 Å². The standard InChI is InChI=1S/C21H31F2N3O2/c22-20(23)28-18-13-15(11-12-24-18)14-25-21(27)26-19(16-7-3-1-4-8-16)17-9-5-2-6-10-17/h11-13,16-17,19-20H,1-10,14H2,(H2,25,26,27). The minimum absolute atomic E-state index is 0.142. The molecular formula is C21H31F2N3O2. The zero-order chi connectivity index (χ0) is 19.8. The van der Waals surface area contributed by atoms with E-state index in [4.69, 9.17) is 0 Å². The SMILES string of the molecule is O=C(NCc1ccnc(OC(F)F)c1)NC(C1CCCCC1)C1CCCCC1. The van der Waals surface area contributed by atoms with Gasteiger partial charge in [-0.2, -0.15) is 8.78 Å². The molecule has 0 unspecified atom stereocenters. The maximum absolute atomic E-state index is 12.6. The third-order valence-corrected chi connectivity index (χ3v) is 6.08. The predicted octanol–water partition coefficient (Wildman–Crippen LogP) is 5.01. The molecule has 0 radical (unpaired) electrons. The number of nitrogens with one attached hydrogen (secondary N) is 2. The number of ether oxygens (including phenoxy) is 1. The number of halogens is 2. The Morgan fingerprint density at radius 1 is 1.07 bits per heavy atom. The van der Waals surface area contributed by atoms with Crippen LogP contribution in [-0.4, -0.2) is 23.7 Å². The van der Waals surface area contributed by atoms with Crippen molar-refractivity contribution in [1.82, 2.24) is 15.6 Å². The normalized spacial score (nSPS) is 19.0. The topological polar surface area (TPSA) is 63.2 Å². The maximum atomic E-state index is 12.6. The van der Waals surface area contributed by atoms with E-state index in [0.717, 1.165) is 0 Å². The monoisotopic (exact) mass is 395 g/mol. The van der Waals surface area contributed by atoms with E-state index in [-0.39, 0.29) is 24.5 Å². The number of pyridine rings is 1. The molecule has 0 saturated heterocycles. The molecule has 1 heterocycles. The Kier molecular flexibility index (Phi) is 7.86. The number of urea groups is 1. The van der Waals surface area contributed by atoms with Gasteiger partial charge in [-0.05, 0) is 49.1 Å². The zero-order valence-corrected chi connectivity index (χ0v) is 16.3. The van der Waals surface area contributed by atoms with E-state index in [0.29, 0.717) is 17.4 Å². The first kappa shape index (κ1) is 20.8. The van der Waals surface area contributed by atoms with Crippen molar-refractivity contribution in [2.75, 3.05) is 0 Å². The lowest BCUT2D eigenvalue weighted by atomic mass is 9.74. The summed E-state index contributed by atoms with van der Waals surface area (Å²) < 4.78 is 29.0. The van der Waals surface area contributed by atoms with Gasteiger partial charge in [0.25, 0.3) is 0 Å². The van der Waals surface area contributed by atoms with Crippen LogP contribution >= 0.6 is 0 Å². The second-order valence-corrected chi connectivity index (χ2v) is 8.03. The first-order valence-electron chi connectivity index (χ1n) is 10.6. The molecule has 2 fully saturated rings. The fourth-order valence-corrected chi connectivity index (χ4v) is 4.71. The van der Waals surface area contributed by atoms with Crippen LogP contribution in [0.4, 0.5) is 13.6 Å². The summed E-state index contributed by atoms with van der Waals surface area (Å²) >= 11 is 0. The van der Waals surface area contributed by atoms with Gasteiger partial charge in [0, 0.05) is 24.8 Å². The summed E-state index contributed by atoms with van der Waals surface area (Å²) in [7, 11) is 0. The maximum Gasteiger partial charge on any atom is 0.388 e. The van der Waals surface area contributed by atoms with Crippen LogP contribution in [0.1, 0.15) is 69.8 Å². The molecule has 1 aromatic heterocycles. The van der Waals surface area contributed by atoms with Crippen molar-refractivity contribution in [1.29, 1.82) is 0 Å². The molecule has 28 heavy (non-hydrogen) atoms. The molecule has 156 valence electrons. The molecule has 3 rings (SSSR count). The quantitative estimate of drug-likeness (QED) is 0.682. The molecule has 0 aromatic carbocycles. The van der Waals surface area contributed by atoms with Gasteiger partial charge in [-0.3, -0.25) is 0 Å². The largest absolute Gasteiger partial charge is 0.417 e. The van der Waals surface area contributed by atoms with Crippen molar-refractivity contribution in [2.24, 2.45) is 11.8 Å². The first-order chi connectivity index (χ1) is 13.6. The van der Waals surface area contributed by atoms with Crippen LogP contribution in [0, 0.1) is 11.8 Å². The van der Waals surface area contributed by atoms with E-state index < -0.39 is 6.61 Å². The van der Waals surface area contributed by atoms with Crippen molar-refractivity contribution in [2.45, 2.75) is 83.4 Å². The number of amides is 2. The van der Waals surface area contributed by atoms with Gasteiger partial charge in [0.2, 0.25) is 5.88 Å². The lowest BCUT2D eigenvalue weighted by Crippen LogP contribution is -2.50. The average molecular weight is 395 g/mol. The molecular weight excluding hydrogens is 364 g/mol. The lowest BCUT2D eigenvalue weighted by molar-refractivity contribution is -0.0529. The van der Waals surface area contributed by atoms with E-state index in [1.165, 1.54) is 76.5 Å². The van der Waals surface area contributed by atoms with Crippen molar-refractivity contribution in [3.05, 3.63) is 23.9 Å². The van der Waals surface area contributed by atoms with E-state index >= 15 is 0 Å². The van der Waals surface area contributed by atoms with E-state index in [9.17, 15) is 13.6 Å². The third kappa shape index (κ3) is 6.31. The van der Waals surface area contributed by atoms with Crippen LogP contribution in [0.2, 0.25) is 0 Å². The molecule has 2 aliphatic rings. The second kappa shape index (κ2) is 10.6. The van der Waals surface area contributed by atoms with Gasteiger partial charge in [-0.1, -0.05) is 38.5 Å². The van der Waals surface area contributed by atoms with Crippen LogP contribution in [0.25, 0.3) is 0 Å². The highest BCUT2D eigenvalue weighted by atomic mass is 19.3. The van der Waals surface area contributed by atoms with Gasteiger partial charge >= 0.3 is 12.6 Å². The highest BCUT2D eigenvalue weighted by Crippen LogP contribution is 2.35. The molecule has 0 bridgehead atoms. The summed E-state index contributed by atoms with van der Waals surface area (Å²) in [6, 6.07) is 3.15. The average Bonchev–Trinajstić information content (AvgIpc) is 2.71. The second-order valence-electron chi connectivity index (χ2n) is 8.03. The summed E-state index contributed by atoms with van der Waals surface area (Å²) in [4.78, 5) is 16.3. The Morgan fingerprint density at radius 3 is 2.25 bits per heavy atom. The minimum Gasteiger partial charge on any atom is -0.417 e. The Labute approximate surface area is 165 Å². The molecule has 1 aromatic rings. The van der Waals surface area contributed by atoms with Crippen LogP contribution in [0.15, 0.2) is 18.3 Å². The minimum atomic E-state index is -2.91.